The van der Waals surface area contributed by atoms with Crippen molar-refractivity contribution in [3.63, 3.8) is 0 Å². The quantitative estimate of drug-likeness (QED) is 0.745. The van der Waals surface area contributed by atoms with E-state index in [0.717, 1.165) is 25.0 Å². The van der Waals surface area contributed by atoms with Gasteiger partial charge in [-0.05, 0) is 23.8 Å². The van der Waals surface area contributed by atoms with Gasteiger partial charge in [0.15, 0.2) is 5.78 Å². The second kappa shape index (κ2) is 5.23. The van der Waals surface area contributed by atoms with Crippen LogP contribution in [0.15, 0.2) is 24.3 Å². The summed E-state index contributed by atoms with van der Waals surface area (Å²) in [6, 6.07) is 8.04. The lowest BCUT2D eigenvalue weighted by Crippen LogP contribution is -2.25. The Morgan fingerprint density at radius 3 is 2.39 bits per heavy atom. The maximum Gasteiger partial charge on any atom is 0.168 e. The molecule has 98 valence electrons. The first-order chi connectivity index (χ1) is 8.48. The lowest BCUT2D eigenvalue weighted by atomic mass is 9.85. The SMILES string of the molecule is CC(C)(C)c1ccc(C(=O)C2CCCOC2)cc1. The van der Waals surface area contributed by atoms with Crippen LogP contribution in [-0.4, -0.2) is 19.0 Å². The number of carbonyl (C=O) groups excluding carboxylic acids is 1. The minimum atomic E-state index is 0.0548. The van der Waals surface area contributed by atoms with Crippen molar-refractivity contribution >= 4 is 5.78 Å². The summed E-state index contributed by atoms with van der Waals surface area (Å²) in [4.78, 5) is 12.3. The average Bonchev–Trinajstić information content (AvgIpc) is 2.38. The van der Waals surface area contributed by atoms with E-state index in [2.05, 4.69) is 32.9 Å². The zero-order valence-electron chi connectivity index (χ0n) is 11.5. The molecule has 1 aliphatic heterocycles. The van der Waals surface area contributed by atoms with E-state index in [9.17, 15) is 4.79 Å². The highest BCUT2D eigenvalue weighted by Gasteiger charge is 2.23. The maximum absolute atomic E-state index is 12.3. The standard InChI is InChI=1S/C16H22O2/c1-16(2,3)14-8-6-12(7-9-14)15(17)13-5-4-10-18-11-13/h6-9,13H,4-5,10-11H2,1-3H3. The molecule has 0 spiro atoms. The number of hydrogen-bond donors (Lipinski definition) is 0. The molecule has 0 aromatic heterocycles. The summed E-state index contributed by atoms with van der Waals surface area (Å²) in [5, 5.41) is 0. The number of Topliss-reactive ketones (excluding diaryl/α,β-unsaturated/α-hetero) is 1. The minimum Gasteiger partial charge on any atom is -0.381 e. The zero-order chi connectivity index (χ0) is 13.2. The number of ketones is 1. The minimum absolute atomic E-state index is 0.0548. The van der Waals surface area contributed by atoms with Gasteiger partial charge in [0.1, 0.15) is 0 Å². The van der Waals surface area contributed by atoms with Crippen LogP contribution in [0.4, 0.5) is 0 Å². The molecule has 2 rings (SSSR count). The van der Waals surface area contributed by atoms with Crippen LogP contribution in [0.2, 0.25) is 0 Å². The molecule has 1 heterocycles. The normalized spacial score (nSPS) is 20.7. The van der Waals surface area contributed by atoms with Crippen LogP contribution in [0, 0.1) is 5.92 Å². The van der Waals surface area contributed by atoms with Gasteiger partial charge < -0.3 is 4.74 Å². The van der Waals surface area contributed by atoms with Crippen LogP contribution < -0.4 is 0 Å². The highest BCUT2D eigenvalue weighted by molar-refractivity contribution is 5.98. The van der Waals surface area contributed by atoms with Gasteiger partial charge in [0.2, 0.25) is 0 Å². The molecular weight excluding hydrogens is 224 g/mol. The molecule has 0 radical (unpaired) electrons. The van der Waals surface area contributed by atoms with Crippen LogP contribution in [0.3, 0.4) is 0 Å². The average molecular weight is 246 g/mol. The molecular formula is C16H22O2. The van der Waals surface area contributed by atoms with Gasteiger partial charge >= 0.3 is 0 Å². The Labute approximate surface area is 109 Å². The van der Waals surface area contributed by atoms with Gasteiger partial charge in [0.05, 0.1) is 6.61 Å². The van der Waals surface area contributed by atoms with E-state index in [1.807, 2.05) is 12.1 Å². The first kappa shape index (κ1) is 13.3. The van der Waals surface area contributed by atoms with Crippen LogP contribution in [0.25, 0.3) is 0 Å². The maximum atomic E-state index is 12.3. The number of hydrogen-bond acceptors (Lipinski definition) is 2. The van der Waals surface area contributed by atoms with Gasteiger partial charge in [-0.3, -0.25) is 4.79 Å². The third kappa shape index (κ3) is 2.99. The van der Waals surface area contributed by atoms with Gasteiger partial charge in [0, 0.05) is 18.1 Å². The van der Waals surface area contributed by atoms with Crippen molar-refractivity contribution in [3.05, 3.63) is 35.4 Å². The highest BCUT2D eigenvalue weighted by atomic mass is 16.5. The van der Waals surface area contributed by atoms with Gasteiger partial charge in [-0.15, -0.1) is 0 Å². The molecule has 1 fully saturated rings. The molecule has 2 heteroatoms. The molecule has 0 bridgehead atoms. The third-order valence-electron chi connectivity index (χ3n) is 3.57. The Morgan fingerprint density at radius 1 is 1.22 bits per heavy atom. The van der Waals surface area contributed by atoms with E-state index in [1.54, 1.807) is 0 Å². The smallest absolute Gasteiger partial charge is 0.168 e. The van der Waals surface area contributed by atoms with Gasteiger partial charge in [0.25, 0.3) is 0 Å². The van der Waals surface area contributed by atoms with Crippen LogP contribution in [0.1, 0.15) is 49.5 Å². The van der Waals surface area contributed by atoms with E-state index in [1.165, 1.54) is 5.56 Å². The van der Waals surface area contributed by atoms with Crippen molar-refractivity contribution < 1.29 is 9.53 Å². The summed E-state index contributed by atoms with van der Waals surface area (Å²) in [5.41, 5.74) is 2.22. The lowest BCUT2D eigenvalue weighted by Gasteiger charge is -2.22. The lowest BCUT2D eigenvalue weighted by molar-refractivity contribution is 0.0461. The van der Waals surface area contributed by atoms with E-state index in [0.29, 0.717) is 6.61 Å². The fourth-order valence-electron chi connectivity index (χ4n) is 2.32. The Morgan fingerprint density at radius 2 is 1.89 bits per heavy atom. The van der Waals surface area contributed by atoms with Crippen molar-refractivity contribution in [1.82, 2.24) is 0 Å². The molecule has 0 saturated carbocycles. The Hall–Kier alpha value is -1.15. The molecule has 1 aliphatic rings. The van der Waals surface area contributed by atoms with Crippen molar-refractivity contribution in [1.29, 1.82) is 0 Å². The predicted molar refractivity (Wildman–Crippen MR) is 73.0 cm³/mol. The monoisotopic (exact) mass is 246 g/mol. The van der Waals surface area contributed by atoms with Crippen LogP contribution in [0.5, 0.6) is 0 Å². The Bertz CT molecular complexity index is 406. The highest BCUT2D eigenvalue weighted by Crippen LogP contribution is 2.24. The second-order valence-corrected chi connectivity index (χ2v) is 6.11. The molecule has 1 aromatic carbocycles. The van der Waals surface area contributed by atoms with Crippen molar-refractivity contribution in [2.45, 2.75) is 39.0 Å². The topological polar surface area (TPSA) is 26.3 Å². The summed E-state index contributed by atoms with van der Waals surface area (Å²) in [6.07, 6.45) is 1.95. The fourth-order valence-corrected chi connectivity index (χ4v) is 2.32. The summed E-state index contributed by atoms with van der Waals surface area (Å²) >= 11 is 0. The molecule has 0 amide bonds. The Balaban J connectivity index is 2.11. The van der Waals surface area contributed by atoms with Gasteiger partial charge in [-0.1, -0.05) is 45.0 Å². The summed E-state index contributed by atoms with van der Waals surface area (Å²) in [6.45, 7) is 7.92. The van der Waals surface area contributed by atoms with E-state index < -0.39 is 0 Å². The molecule has 0 N–H and O–H groups in total. The van der Waals surface area contributed by atoms with Crippen molar-refractivity contribution in [3.8, 4) is 0 Å². The fraction of sp³-hybridized carbons (Fsp3) is 0.562. The molecule has 1 unspecified atom stereocenters. The van der Waals surface area contributed by atoms with E-state index in [4.69, 9.17) is 4.74 Å². The molecule has 0 aliphatic carbocycles. The van der Waals surface area contributed by atoms with E-state index >= 15 is 0 Å². The van der Waals surface area contributed by atoms with Gasteiger partial charge in [-0.25, -0.2) is 0 Å². The first-order valence-corrected chi connectivity index (χ1v) is 6.71. The Kier molecular flexibility index (Phi) is 3.86. The van der Waals surface area contributed by atoms with Crippen LogP contribution >= 0.6 is 0 Å². The van der Waals surface area contributed by atoms with Gasteiger partial charge in [-0.2, -0.15) is 0 Å². The largest absolute Gasteiger partial charge is 0.381 e. The number of benzene rings is 1. The first-order valence-electron chi connectivity index (χ1n) is 6.71. The number of ether oxygens (including phenoxy) is 1. The predicted octanol–water partition coefficient (Wildman–Crippen LogP) is 3.59. The molecule has 1 saturated heterocycles. The molecule has 1 aromatic rings. The number of carbonyl (C=O) groups is 1. The summed E-state index contributed by atoms with van der Waals surface area (Å²) < 4.78 is 5.38. The zero-order valence-corrected chi connectivity index (χ0v) is 11.5. The molecule has 1 atom stereocenters. The second-order valence-electron chi connectivity index (χ2n) is 6.11. The number of rotatable bonds is 2. The summed E-state index contributed by atoms with van der Waals surface area (Å²) in [5.74, 6) is 0.286. The third-order valence-corrected chi connectivity index (χ3v) is 3.57. The summed E-state index contributed by atoms with van der Waals surface area (Å²) in [7, 11) is 0. The van der Waals surface area contributed by atoms with Crippen molar-refractivity contribution in [2.24, 2.45) is 5.92 Å². The van der Waals surface area contributed by atoms with Crippen molar-refractivity contribution in [2.75, 3.05) is 13.2 Å². The molecule has 2 nitrogen and oxygen atoms in total. The molecule has 18 heavy (non-hydrogen) atoms. The van der Waals surface area contributed by atoms with Crippen LogP contribution in [-0.2, 0) is 10.2 Å². The van der Waals surface area contributed by atoms with E-state index in [-0.39, 0.29) is 17.1 Å².